The highest BCUT2D eigenvalue weighted by Crippen LogP contribution is 2.01. The first-order valence-electron chi connectivity index (χ1n) is 4.01. The van der Waals surface area contributed by atoms with Crippen molar-refractivity contribution in [2.24, 2.45) is 0 Å². The summed E-state index contributed by atoms with van der Waals surface area (Å²) in [4.78, 5) is 20.5. The topological polar surface area (TPSA) is 52.6 Å². The quantitative estimate of drug-likeness (QED) is 0.679. The van der Waals surface area contributed by atoms with E-state index in [9.17, 15) is 9.59 Å². The number of ether oxygens (including phenoxy) is 2. The van der Waals surface area contributed by atoms with E-state index in [0.717, 1.165) is 5.56 Å². The molecule has 0 fully saturated rings. The Labute approximate surface area is 81.4 Å². The fourth-order valence-electron chi connectivity index (χ4n) is 0.847. The van der Waals surface area contributed by atoms with Crippen LogP contribution >= 0.6 is 0 Å². The lowest BCUT2D eigenvalue weighted by Gasteiger charge is -2.03. The smallest absolute Gasteiger partial charge is 0.429 e. The van der Waals surface area contributed by atoms with Crippen LogP contribution in [0.25, 0.3) is 0 Å². The van der Waals surface area contributed by atoms with E-state index in [0.29, 0.717) is 0 Å². The predicted octanol–water partition coefficient (Wildman–Crippen LogP) is 1.45. The Balaban J connectivity index is 2.27. The lowest BCUT2D eigenvalue weighted by molar-refractivity contribution is 0.0597. The molecule has 0 aliphatic heterocycles. The molecule has 0 N–H and O–H groups in total. The lowest BCUT2D eigenvalue weighted by atomic mass is 10.2. The van der Waals surface area contributed by atoms with Gasteiger partial charge in [-0.15, -0.1) is 0 Å². The fraction of sp³-hybridized carbons (Fsp3) is 0.200. The van der Waals surface area contributed by atoms with E-state index < -0.39 is 12.8 Å². The van der Waals surface area contributed by atoms with Crippen molar-refractivity contribution in [1.82, 2.24) is 0 Å². The first kappa shape index (κ1) is 10.2. The van der Waals surface area contributed by atoms with Gasteiger partial charge in [0.2, 0.25) is 6.29 Å². The Bertz CT molecular complexity index is 294. The highest BCUT2D eigenvalue weighted by Gasteiger charge is 2.02. The van der Waals surface area contributed by atoms with E-state index in [2.05, 4.69) is 4.74 Å². The molecule has 73 valence electrons. The number of rotatable bonds is 4. The van der Waals surface area contributed by atoms with Crippen LogP contribution < -0.4 is 0 Å². The van der Waals surface area contributed by atoms with Crippen LogP contribution in [-0.2, 0) is 20.9 Å². The number of benzene rings is 1. The van der Waals surface area contributed by atoms with E-state index in [1.807, 2.05) is 30.3 Å². The van der Waals surface area contributed by atoms with Crippen molar-refractivity contribution >= 4 is 12.4 Å². The van der Waals surface area contributed by atoms with E-state index in [1.54, 1.807) is 0 Å². The minimum atomic E-state index is -0.864. The molecule has 0 heterocycles. The van der Waals surface area contributed by atoms with Gasteiger partial charge in [-0.1, -0.05) is 30.3 Å². The van der Waals surface area contributed by atoms with Crippen LogP contribution in [0, 0.1) is 0 Å². The molecule has 0 aromatic heterocycles. The van der Waals surface area contributed by atoms with Crippen LogP contribution in [0.15, 0.2) is 30.3 Å². The van der Waals surface area contributed by atoms with Crippen LogP contribution in [0.4, 0.5) is 4.79 Å². The van der Waals surface area contributed by atoms with Gasteiger partial charge in [-0.2, -0.15) is 0 Å². The first-order chi connectivity index (χ1) is 6.83. The van der Waals surface area contributed by atoms with E-state index in [-0.39, 0.29) is 6.61 Å². The van der Waals surface area contributed by atoms with Gasteiger partial charge in [0.25, 0.3) is 0 Å². The zero-order valence-electron chi connectivity index (χ0n) is 7.43. The maximum atomic E-state index is 10.8. The standard InChI is InChI=1S/C10H9O4/c11-6-7-13-10(12)14-8-9-4-2-1-3-5-9/h1-5H,7-8H2. The third kappa shape index (κ3) is 3.71. The summed E-state index contributed by atoms with van der Waals surface area (Å²) in [5.74, 6) is 0. The van der Waals surface area contributed by atoms with Crippen molar-refractivity contribution < 1.29 is 19.1 Å². The van der Waals surface area contributed by atoms with Crippen molar-refractivity contribution in [3.63, 3.8) is 0 Å². The molecule has 1 radical (unpaired) electrons. The van der Waals surface area contributed by atoms with E-state index in [4.69, 9.17) is 4.74 Å². The maximum absolute atomic E-state index is 10.8. The molecule has 0 unspecified atom stereocenters. The van der Waals surface area contributed by atoms with Gasteiger partial charge in [0.1, 0.15) is 6.61 Å². The van der Waals surface area contributed by atoms with Crippen molar-refractivity contribution in [2.45, 2.75) is 6.61 Å². The van der Waals surface area contributed by atoms with Gasteiger partial charge in [0, 0.05) is 0 Å². The summed E-state index contributed by atoms with van der Waals surface area (Å²) in [6.07, 6.45) is 0.560. The Morgan fingerprint density at radius 3 is 2.57 bits per heavy atom. The fourth-order valence-corrected chi connectivity index (χ4v) is 0.847. The molecular formula is C10H9O4. The Morgan fingerprint density at radius 1 is 1.21 bits per heavy atom. The minimum Gasteiger partial charge on any atom is -0.429 e. The SMILES string of the molecule is O=[C]COC(=O)OCc1ccccc1. The van der Waals surface area contributed by atoms with Gasteiger partial charge in [-0.25, -0.2) is 4.79 Å². The van der Waals surface area contributed by atoms with Crippen LogP contribution in [0.3, 0.4) is 0 Å². The van der Waals surface area contributed by atoms with Crippen LogP contribution in [0.1, 0.15) is 5.56 Å². The number of hydrogen-bond donors (Lipinski definition) is 0. The minimum absolute atomic E-state index is 0.137. The van der Waals surface area contributed by atoms with Gasteiger partial charge >= 0.3 is 6.16 Å². The first-order valence-corrected chi connectivity index (χ1v) is 4.01. The van der Waals surface area contributed by atoms with E-state index >= 15 is 0 Å². The molecule has 0 spiro atoms. The third-order valence-electron chi connectivity index (χ3n) is 1.45. The highest BCUT2D eigenvalue weighted by atomic mass is 16.7. The molecule has 4 nitrogen and oxygen atoms in total. The largest absolute Gasteiger partial charge is 0.509 e. The molecule has 1 aromatic carbocycles. The monoisotopic (exact) mass is 193 g/mol. The average molecular weight is 193 g/mol. The van der Waals surface area contributed by atoms with Gasteiger partial charge in [-0.3, -0.25) is 4.79 Å². The molecule has 1 rings (SSSR count). The lowest BCUT2D eigenvalue weighted by Crippen LogP contribution is -2.08. The third-order valence-corrected chi connectivity index (χ3v) is 1.45. The molecule has 0 saturated carbocycles. The molecule has 4 heteroatoms. The second-order valence-electron chi connectivity index (χ2n) is 2.46. The van der Waals surface area contributed by atoms with Gasteiger partial charge in [0.15, 0.2) is 6.61 Å². The number of carbonyl (C=O) groups excluding carboxylic acids is 2. The maximum Gasteiger partial charge on any atom is 0.509 e. The highest BCUT2D eigenvalue weighted by molar-refractivity contribution is 5.63. The summed E-state index contributed by atoms with van der Waals surface area (Å²) < 4.78 is 9.02. The van der Waals surface area contributed by atoms with Crippen molar-refractivity contribution in [3.05, 3.63) is 35.9 Å². The van der Waals surface area contributed by atoms with Crippen molar-refractivity contribution in [3.8, 4) is 0 Å². The summed E-state index contributed by atoms with van der Waals surface area (Å²) in [6, 6.07) is 9.17. The number of hydrogen-bond acceptors (Lipinski definition) is 4. The van der Waals surface area contributed by atoms with Crippen LogP contribution in [-0.4, -0.2) is 19.0 Å². The summed E-state index contributed by atoms with van der Waals surface area (Å²) in [5.41, 5.74) is 0.861. The zero-order valence-corrected chi connectivity index (χ0v) is 7.43. The molecule has 14 heavy (non-hydrogen) atoms. The van der Waals surface area contributed by atoms with Gasteiger partial charge in [0.05, 0.1) is 0 Å². The van der Waals surface area contributed by atoms with Crippen LogP contribution in [0.5, 0.6) is 0 Å². The average Bonchev–Trinajstić information content (AvgIpc) is 2.25. The summed E-state index contributed by atoms with van der Waals surface area (Å²) >= 11 is 0. The van der Waals surface area contributed by atoms with E-state index in [1.165, 1.54) is 6.29 Å². The van der Waals surface area contributed by atoms with Gasteiger partial charge in [-0.05, 0) is 5.56 Å². The van der Waals surface area contributed by atoms with Crippen LogP contribution in [0.2, 0.25) is 0 Å². The molecule has 1 aromatic rings. The molecule has 0 saturated heterocycles. The summed E-state index contributed by atoms with van der Waals surface area (Å²) in [7, 11) is 0. The van der Waals surface area contributed by atoms with Crippen molar-refractivity contribution in [1.29, 1.82) is 0 Å². The van der Waals surface area contributed by atoms with Gasteiger partial charge < -0.3 is 9.47 Å². The molecule has 0 amide bonds. The molecule has 0 bridgehead atoms. The van der Waals surface area contributed by atoms with Crippen molar-refractivity contribution in [2.75, 3.05) is 6.61 Å². The Hall–Kier alpha value is -1.84. The normalized spacial score (nSPS) is 9.14. The molecule has 0 atom stereocenters. The molecular weight excluding hydrogens is 184 g/mol. The number of carbonyl (C=O) groups is 1. The predicted molar refractivity (Wildman–Crippen MR) is 48.3 cm³/mol. The summed E-state index contributed by atoms with van der Waals surface area (Å²) in [5, 5.41) is 0. The zero-order chi connectivity index (χ0) is 10.2. The summed E-state index contributed by atoms with van der Waals surface area (Å²) in [6.45, 7) is -0.258. The Kier molecular flexibility index (Phi) is 4.20. The second-order valence-corrected chi connectivity index (χ2v) is 2.46. The molecule has 0 aliphatic carbocycles. The molecule has 0 aliphatic rings. The second kappa shape index (κ2) is 5.75. The Morgan fingerprint density at radius 2 is 1.93 bits per heavy atom.